The van der Waals surface area contributed by atoms with Gasteiger partial charge in [0.1, 0.15) is 5.75 Å². The van der Waals surface area contributed by atoms with E-state index in [-0.39, 0.29) is 18.4 Å². The normalized spacial score (nSPS) is 23.1. The van der Waals surface area contributed by atoms with Gasteiger partial charge in [-0.15, -0.1) is 0 Å². The van der Waals surface area contributed by atoms with Crippen LogP contribution in [0, 0.1) is 0 Å². The van der Waals surface area contributed by atoms with Crippen LogP contribution in [0.3, 0.4) is 0 Å². The number of hydrogen-bond donors (Lipinski definition) is 2. The fourth-order valence-electron chi connectivity index (χ4n) is 4.17. The highest BCUT2D eigenvalue weighted by Crippen LogP contribution is 2.32. The molecule has 2 N–H and O–H groups in total. The van der Waals surface area contributed by atoms with Gasteiger partial charge in [-0.25, -0.2) is 0 Å². The van der Waals surface area contributed by atoms with Crippen LogP contribution < -0.4 is 15.0 Å². The summed E-state index contributed by atoms with van der Waals surface area (Å²) in [6.07, 6.45) is 6.96. The van der Waals surface area contributed by atoms with Crippen molar-refractivity contribution in [3.63, 3.8) is 0 Å². The number of nitrogens with one attached hydrogen (secondary N) is 1. The lowest BCUT2D eigenvalue weighted by atomic mass is 9.82. The standard InChI is InChI=1S/C20H30N2O3/c1-25-18-10-4-3-9-17(18)22-13-7-8-16(15-22)21-19(23)14-20(24)11-5-2-6-12-20/h3-4,9-10,16,24H,2,5-8,11-15H2,1H3,(H,21,23). The number of hydrogen-bond acceptors (Lipinski definition) is 4. The number of nitrogens with zero attached hydrogens (tertiary/aromatic N) is 1. The van der Waals surface area contributed by atoms with Crippen molar-refractivity contribution < 1.29 is 14.6 Å². The van der Waals surface area contributed by atoms with Gasteiger partial charge in [-0.2, -0.15) is 0 Å². The van der Waals surface area contributed by atoms with E-state index in [2.05, 4.69) is 16.3 Å². The number of methoxy groups -OCH3 is 1. The third-order valence-corrected chi connectivity index (χ3v) is 5.49. The highest BCUT2D eigenvalue weighted by molar-refractivity contribution is 5.77. The van der Waals surface area contributed by atoms with Gasteiger partial charge in [0, 0.05) is 19.1 Å². The Balaban J connectivity index is 1.57. The summed E-state index contributed by atoms with van der Waals surface area (Å²) < 4.78 is 5.47. The molecule has 0 bridgehead atoms. The first kappa shape index (κ1) is 18.1. The van der Waals surface area contributed by atoms with Crippen LogP contribution in [-0.4, -0.2) is 42.9 Å². The van der Waals surface area contributed by atoms with Gasteiger partial charge in [0.2, 0.25) is 5.91 Å². The number of piperidine rings is 1. The van der Waals surface area contributed by atoms with E-state index in [0.717, 1.165) is 63.1 Å². The topological polar surface area (TPSA) is 61.8 Å². The van der Waals surface area contributed by atoms with Crippen LogP contribution in [0.1, 0.15) is 51.4 Å². The maximum Gasteiger partial charge on any atom is 0.223 e. The zero-order valence-electron chi connectivity index (χ0n) is 15.2. The highest BCUT2D eigenvalue weighted by atomic mass is 16.5. The minimum absolute atomic E-state index is 0.0173. The Morgan fingerprint density at radius 1 is 1.28 bits per heavy atom. The monoisotopic (exact) mass is 346 g/mol. The van der Waals surface area contributed by atoms with Crippen LogP contribution >= 0.6 is 0 Å². The molecule has 1 aliphatic heterocycles. The number of anilines is 1. The molecule has 1 unspecified atom stereocenters. The molecular weight excluding hydrogens is 316 g/mol. The fourth-order valence-corrected chi connectivity index (χ4v) is 4.17. The molecule has 0 spiro atoms. The lowest BCUT2D eigenvalue weighted by Gasteiger charge is -2.36. The number of carbonyl (C=O) groups is 1. The van der Waals surface area contributed by atoms with Crippen LogP contribution in [-0.2, 0) is 4.79 Å². The van der Waals surface area contributed by atoms with Crippen molar-refractivity contribution in [3.8, 4) is 5.75 Å². The highest BCUT2D eigenvalue weighted by Gasteiger charge is 2.33. The zero-order chi connectivity index (χ0) is 17.7. The number of benzene rings is 1. The van der Waals surface area contributed by atoms with Gasteiger partial charge in [0.15, 0.2) is 0 Å². The third-order valence-electron chi connectivity index (χ3n) is 5.49. The SMILES string of the molecule is COc1ccccc1N1CCCC(NC(=O)CC2(O)CCCCC2)C1. The lowest BCUT2D eigenvalue weighted by molar-refractivity contribution is -0.128. The van der Waals surface area contributed by atoms with Gasteiger partial charge < -0.3 is 20.1 Å². The average Bonchev–Trinajstić information content (AvgIpc) is 2.62. The summed E-state index contributed by atoms with van der Waals surface area (Å²) in [5, 5.41) is 13.7. The summed E-state index contributed by atoms with van der Waals surface area (Å²) in [7, 11) is 1.69. The van der Waals surface area contributed by atoms with Gasteiger partial charge in [-0.3, -0.25) is 4.79 Å². The number of amides is 1. The van der Waals surface area contributed by atoms with Crippen molar-refractivity contribution in [3.05, 3.63) is 24.3 Å². The summed E-state index contributed by atoms with van der Waals surface area (Å²) in [6.45, 7) is 1.75. The molecule has 1 aliphatic carbocycles. The Bertz CT molecular complexity index is 584. The molecule has 1 aromatic rings. The first-order chi connectivity index (χ1) is 12.1. The molecule has 5 heteroatoms. The van der Waals surface area contributed by atoms with Crippen molar-refractivity contribution in [2.75, 3.05) is 25.1 Å². The number of ether oxygens (including phenoxy) is 1. The molecule has 138 valence electrons. The third kappa shape index (κ3) is 4.66. The second-order valence-corrected chi connectivity index (χ2v) is 7.49. The summed E-state index contributed by atoms with van der Waals surface area (Å²) in [5.74, 6) is 0.849. The quantitative estimate of drug-likeness (QED) is 0.861. The van der Waals surface area contributed by atoms with Crippen molar-refractivity contribution in [2.24, 2.45) is 0 Å². The van der Waals surface area contributed by atoms with Crippen LogP contribution in [0.4, 0.5) is 5.69 Å². The van der Waals surface area contributed by atoms with Crippen molar-refractivity contribution >= 4 is 11.6 Å². The average molecular weight is 346 g/mol. The number of para-hydroxylation sites is 2. The van der Waals surface area contributed by atoms with Gasteiger partial charge >= 0.3 is 0 Å². The Morgan fingerprint density at radius 3 is 2.80 bits per heavy atom. The number of carbonyl (C=O) groups excluding carboxylic acids is 1. The summed E-state index contributed by atoms with van der Waals surface area (Å²) in [6, 6.07) is 8.14. The summed E-state index contributed by atoms with van der Waals surface area (Å²) in [5.41, 5.74) is 0.286. The van der Waals surface area contributed by atoms with E-state index in [4.69, 9.17) is 4.74 Å². The lowest BCUT2D eigenvalue weighted by Crippen LogP contribution is -2.49. The second-order valence-electron chi connectivity index (χ2n) is 7.49. The van der Waals surface area contributed by atoms with Crippen molar-refractivity contribution in [1.82, 2.24) is 5.32 Å². The molecule has 0 radical (unpaired) electrons. The Labute approximate surface area is 150 Å². The molecule has 1 saturated heterocycles. The molecular formula is C20H30N2O3. The minimum Gasteiger partial charge on any atom is -0.495 e. The number of aliphatic hydroxyl groups is 1. The van der Waals surface area contributed by atoms with E-state index in [1.165, 1.54) is 6.42 Å². The van der Waals surface area contributed by atoms with E-state index in [0.29, 0.717) is 0 Å². The Kier molecular flexibility index (Phi) is 5.84. The van der Waals surface area contributed by atoms with E-state index in [1.807, 2.05) is 18.2 Å². The van der Waals surface area contributed by atoms with Crippen molar-refractivity contribution in [2.45, 2.75) is 63.0 Å². The molecule has 3 rings (SSSR count). The molecule has 25 heavy (non-hydrogen) atoms. The Hall–Kier alpha value is -1.75. The van der Waals surface area contributed by atoms with Gasteiger partial charge in [0.05, 0.1) is 24.8 Å². The van der Waals surface area contributed by atoms with Crippen molar-refractivity contribution in [1.29, 1.82) is 0 Å². The van der Waals surface area contributed by atoms with Crippen LogP contribution in [0.5, 0.6) is 5.75 Å². The maximum absolute atomic E-state index is 12.4. The van der Waals surface area contributed by atoms with Crippen LogP contribution in [0.2, 0.25) is 0 Å². The van der Waals surface area contributed by atoms with E-state index >= 15 is 0 Å². The van der Waals surface area contributed by atoms with E-state index in [1.54, 1.807) is 7.11 Å². The van der Waals surface area contributed by atoms with Crippen LogP contribution in [0.25, 0.3) is 0 Å². The summed E-state index contributed by atoms with van der Waals surface area (Å²) in [4.78, 5) is 14.7. The minimum atomic E-state index is -0.792. The first-order valence-corrected chi connectivity index (χ1v) is 9.49. The molecule has 2 fully saturated rings. The predicted molar refractivity (Wildman–Crippen MR) is 99.0 cm³/mol. The van der Waals surface area contributed by atoms with Crippen LogP contribution in [0.15, 0.2) is 24.3 Å². The predicted octanol–water partition coefficient (Wildman–Crippen LogP) is 2.87. The summed E-state index contributed by atoms with van der Waals surface area (Å²) >= 11 is 0. The molecule has 1 atom stereocenters. The molecule has 1 amide bonds. The van der Waals surface area contributed by atoms with Gasteiger partial charge in [-0.1, -0.05) is 31.4 Å². The molecule has 1 aromatic carbocycles. The molecule has 5 nitrogen and oxygen atoms in total. The van der Waals surface area contributed by atoms with E-state index in [9.17, 15) is 9.90 Å². The fraction of sp³-hybridized carbons (Fsp3) is 0.650. The number of rotatable bonds is 5. The first-order valence-electron chi connectivity index (χ1n) is 9.49. The van der Waals surface area contributed by atoms with Gasteiger partial charge in [-0.05, 0) is 37.8 Å². The maximum atomic E-state index is 12.4. The van der Waals surface area contributed by atoms with E-state index < -0.39 is 5.60 Å². The van der Waals surface area contributed by atoms with Gasteiger partial charge in [0.25, 0.3) is 0 Å². The molecule has 1 heterocycles. The molecule has 2 aliphatic rings. The second kappa shape index (κ2) is 8.09. The molecule has 1 saturated carbocycles. The Morgan fingerprint density at radius 2 is 2.04 bits per heavy atom. The largest absolute Gasteiger partial charge is 0.495 e. The zero-order valence-corrected chi connectivity index (χ0v) is 15.2. The smallest absolute Gasteiger partial charge is 0.223 e. The molecule has 0 aromatic heterocycles.